The Morgan fingerprint density at radius 3 is 2.53 bits per heavy atom. The number of allylic oxidation sites excluding steroid dienone is 6. The fourth-order valence-corrected chi connectivity index (χ4v) is 1.24. The number of pyridine rings is 1. The van der Waals surface area contributed by atoms with Crippen LogP contribution in [-0.4, -0.2) is 16.1 Å². The molecule has 0 aliphatic heterocycles. The lowest BCUT2D eigenvalue weighted by Crippen LogP contribution is -2.01. The molecule has 1 rings (SSSR count). The number of hydrogen-bond acceptors (Lipinski definition) is 2. The predicted octanol–water partition coefficient (Wildman–Crippen LogP) is 3.09. The summed E-state index contributed by atoms with van der Waals surface area (Å²) in [5, 5.41) is 8.86. The zero-order valence-corrected chi connectivity index (χ0v) is 9.34. The lowest BCUT2D eigenvalue weighted by Gasteiger charge is -2.02. The Kier molecular flexibility index (Phi) is 4.63. The molecule has 3 heteroatoms. The Labute approximate surface area is 100 Å². The van der Waals surface area contributed by atoms with Gasteiger partial charge in [0.2, 0.25) is 0 Å². The van der Waals surface area contributed by atoms with Crippen molar-refractivity contribution in [2.45, 2.75) is 0 Å². The molecule has 0 saturated heterocycles. The van der Waals surface area contributed by atoms with Crippen LogP contribution in [0.1, 0.15) is 16.2 Å². The van der Waals surface area contributed by atoms with Crippen LogP contribution in [0.5, 0.6) is 0 Å². The van der Waals surface area contributed by atoms with Crippen molar-refractivity contribution >= 4 is 11.5 Å². The normalized spacial score (nSPS) is 11.4. The first-order valence-corrected chi connectivity index (χ1v) is 5.01. The van der Waals surface area contributed by atoms with Crippen LogP contribution < -0.4 is 0 Å². The van der Waals surface area contributed by atoms with E-state index < -0.39 is 5.97 Å². The van der Waals surface area contributed by atoms with Crippen molar-refractivity contribution in [2.24, 2.45) is 0 Å². The summed E-state index contributed by atoms with van der Waals surface area (Å²) in [5.74, 6) is -1.04. The zero-order chi connectivity index (χ0) is 12.7. The van der Waals surface area contributed by atoms with Crippen molar-refractivity contribution in [1.82, 2.24) is 4.98 Å². The minimum Gasteiger partial charge on any atom is -0.477 e. The molecule has 0 bridgehead atoms. The van der Waals surface area contributed by atoms with E-state index in [9.17, 15) is 4.79 Å². The number of aromatic carboxylic acids is 1. The second kappa shape index (κ2) is 6.23. The molecule has 1 N–H and O–H groups in total. The third kappa shape index (κ3) is 3.57. The maximum atomic E-state index is 10.8. The van der Waals surface area contributed by atoms with Crippen LogP contribution in [0.3, 0.4) is 0 Å². The zero-order valence-electron chi connectivity index (χ0n) is 9.34. The summed E-state index contributed by atoms with van der Waals surface area (Å²) in [7, 11) is 0. The molecule has 0 saturated carbocycles. The maximum absolute atomic E-state index is 10.8. The Morgan fingerprint density at radius 2 is 1.94 bits per heavy atom. The highest BCUT2D eigenvalue weighted by atomic mass is 16.4. The van der Waals surface area contributed by atoms with E-state index in [0.29, 0.717) is 5.69 Å². The molecular weight excluding hydrogens is 214 g/mol. The van der Waals surface area contributed by atoms with Gasteiger partial charge in [-0.25, -0.2) is 9.78 Å². The van der Waals surface area contributed by atoms with Crippen LogP contribution in [0.2, 0.25) is 0 Å². The van der Waals surface area contributed by atoms with Gasteiger partial charge in [-0.3, -0.25) is 0 Å². The average molecular weight is 227 g/mol. The van der Waals surface area contributed by atoms with Crippen molar-refractivity contribution in [2.75, 3.05) is 0 Å². The van der Waals surface area contributed by atoms with Gasteiger partial charge in [0.15, 0.2) is 0 Å². The predicted molar refractivity (Wildman–Crippen MR) is 68.7 cm³/mol. The lowest BCUT2D eigenvalue weighted by atomic mass is 10.1. The van der Waals surface area contributed by atoms with Crippen LogP contribution in [0, 0.1) is 0 Å². The van der Waals surface area contributed by atoms with E-state index in [-0.39, 0.29) is 5.69 Å². The summed E-state index contributed by atoms with van der Waals surface area (Å²) < 4.78 is 0. The van der Waals surface area contributed by atoms with Gasteiger partial charge in [0.25, 0.3) is 0 Å². The number of carbonyl (C=O) groups is 1. The summed E-state index contributed by atoms with van der Waals surface area (Å²) in [6.07, 6.45) is 8.57. The fraction of sp³-hybridized carbons (Fsp3) is 0. The van der Waals surface area contributed by atoms with Gasteiger partial charge in [-0.15, -0.1) is 0 Å². The number of rotatable bonds is 5. The number of hydrogen-bond donors (Lipinski definition) is 1. The second-order valence-electron chi connectivity index (χ2n) is 3.17. The molecule has 0 amide bonds. The van der Waals surface area contributed by atoms with Crippen LogP contribution in [0.4, 0.5) is 0 Å². The van der Waals surface area contributed by atoms with Crippen molar-refractivity contribution in [3.8, 4) is 0 Å². The fourth-order valence-electron chi connectivity index (χ4n) is 1.24. The first-order valence-electron chi connectivity index (χ1n) is 5.01. The highest BCUT2D eigenvalue weighted by Crippen LogP contribution is 2.14. The van der Waals surface area contributed by atoms with Gasteiger partial charge in [-0.2, -0.15) is 0 Å². The second-order valence-corrected chi connectivity index (χ2v) is 3.17. The van der Waals surface area contributed by atoms with E-state index >= 15 is 0 Å². The van der Waals surface area contributed by atoms with E-state index in [1.807, 2.05) is 0 Å². The van der Waals surface area contributed by atoms with E-state index in [1.165, 1.54) is 6.07 Å². The van der Waals surface area contributed by atoms with Gasteiger partial charge in [0.05, 0.1) is 5.69 Å². The molecular formula is C14H13NO2. The SMILES string of the molecule is C=C/C=C\C(=C/C=C)c1cccc(C(=O)O)n1. The van der Waals surface area contributed by atoms with Crippen molar-refractivity contribution in [3.63, 3.8) is 0 Å². The quantitative estimate of drug-likeness (QED) is 0.786. The summed E-state index contributed by atoms with van der Waals surface area (Å²) in [6, 6.07) is 4.86. The molecule has 3 nitrogen and oxygen atoms in total. The molecule has 1 aromatic heterocycles. The van der Waals surface area contributed by atoms with Gasteiger partial charge in [-0.05, 0) is 12.1 Å². The summed E-state index contributed by atoms with van der Waals surface area (Å²) in [5.41, 5.74) is 1.38. The van der Waals surface area contributed by atoms with E-state index in [1.54, 1.807) is 42.5 Å². The summed E-state index contributed by atoms with van der Waals surface area (Å²) >= 11 is 0. The smallest absolute Gasteiger partial charge is 0.354 e. The molecule has 1 aromatic rings. The van der Waals surface area contributed by atoms with Crippen LogP contribution in [0.15, 0.2) is 61.7 Å². The van der Waals surface area contributed by atoms with Gasteiger partial charge in [0, 0.05) is 5.57 Å². The highest BCUT2D eigenvalue weighted by molar-refractivity contribution is 5.86. The van der Waals surface area contributed by atoms with E-state index in [0.717, 1.165) is 5.57 Å². The third-order valence-corrected chi connectivity index (χ3v) is 1.97. The molecule has 0 fully saturated rings. The van der Waals surface area contributed by atoms with Crippen LogP contribution in [0.25, 0.3) is 5.57 Å². The Morgan fingerprint density at radius 1 is 1.24 bits per heavy atom. The Hall–Kier alpha value is -2.42. The molecule has 17 heavy (non-hydrogen) atoms. The van der Waals surface area contributed by atoms with Crippen LogP contribution in [-0.2, 0) is 0 Å². The molecule has 0 aliphatic carbocycles. The van der Waals surface area contributed by atoms with Crippen molar-refractivity contribution in [1.29, 1.82) is 0 Å². The monoisotopic (exact) mass is 227 g/mol. The first kappa shape index (κ1) is 12.6. The largest absolute Gasteiger partial charge is 0.477 e. The number of aromatic nitrogens is 1. The van der Waals surface area contributed by atoms with Gasteiger partial charge < -0.3 is 5.11 Å². The molecule has 0 radical (unpaired) electrons. The Bertz CT molecular complexity index is 499. The number of carboxylic acid groups (broad SMARTS) is 1. The minimum atomic E-state index is -1.04. The third-order valence-electron chi connectivity index (χ3n) is 1.97. The average Bonchev–Trinajstić information content (AvgIpc) is 2.34. The highest BCUT2D eigenvalue weighted by Gasteiger charge is 2.06. The Balaban J connectivity index is 3.19. The molecule has 0 aliphatic rings. The molecule has 0 atom stereocenters. The van der Waals surface area contributed by atoms with Gasteiger partial charge in [0.1, 0.15) is 5.69 Å². The minimum absolute atomic E-state index is 0.0180. The van der Waals surface area contributed by atoms with Crippen LogP contribution >= 0.6 is 0 Å². The van der Waals surface area contributed by atoms with Crippen molar-refractivity contribution in [3.05, 3.63) is 73.1 Å². The van der Waals surface area contributed by atoms with E-state index in [4.69, 9.17) is 5.11 Å². The number of nitrogens with zero attached hydrogens (tertiary/aromatic N) is 1. The molecule has 0 aromatic carbocycles. The standard InChI is InChI=1S/C14H13NO2/c1-3-5-8-11(7-4-2)12-9-6-10-13(15-12)14(16)17/h3-10H,1-2H2,(H,16,17)/b8-5-,11-7+. The molecule has 1 heterocycles. The maximum Gasteiger partial charge on any atom is 0.354 e. The van der Waals surface area contributed by atoms with Gasteiger partial charge >= 0.3 is 5.97 Å². The molecule has 86 valence electrons. The summed E-state index contributed by atoms with van der Waals surface area (Å²) in [6.45, 7) is 7.19. The van der Waals surface area contributed by atoms with Crippen molar-refractivity contribution < 1.29 is 9.90 Å². The summed E-state index contributed by atoms with van der Waals surface area (Å²) in [4.78, 5) is 14.9. The molecule has 0 spiro atoms. The first-order chi connectivity index (χ1) is 8.19. The van der Waals surface area contributed by atoms with Gasteiger partial charge in [-0.1, -0.05) is 49.6 Å². The topological polar surface area (TPSA) is 50.2 Å². The number of carboxylic acids is 1. The van der Waals surface area contributed by atoms with E-state index in [2.05, 4.69) is 18.1 Å². The lowest BCUT2D eigenvalue weighted by molar-refractivity contribution is 0.0690. The molecule has 0 unspecified atom stereocenters.